The monoisotopic (exact) mass is 360 g/mol. The average Bonchev–Trinajstić information content (AvgIpc) is 2.47. The summed E-state index contributed by atoms with van der Waals surface area (Å²) in [6.45, 7) is 3.51. The number of carbonyl (C=O) groups is 1. The summed E-state index contributed by atoms with van der Waals surface area (Å²) in [6.07, 6.45) is 0. The molecule has 0 aliphatic carbocycles. The van der Waals surface area contributed by atoms with Gasteiger partial charge in [0.25, 0.3) is 5.56 Å². The summed E-state index contributed by atoms with van der Waals surface area (Å²) in [5.74, 6) is -0.564. The van der Waals surface area contributed by atoms with Crippen LogP contribution in [0.3, 0.4) is 0 Å². The highest BCUT2D eigenvalue weighted by Crippen LogP contribution is 2.29. The van der Waals surface area contributed by atoms with Gasteiger partial charge in [0.05, 0.1) is 12.2 Å². The van der Waals surface area contributed by atoms with Crippen LogP contribution in [-0.4, -0.2) is 17.6 Å². The van der Waals surface area contributed by atoms with Crippen molar-refractivity contribution in [2.75, 3.05) is 6.61 Å². The van der Waals surface area contributed by atoms with E-state index in [1.165, 1.54) is 0 Å². The number of hydrogen-bond donors (Lipinski definition) is 1. The highest BCUT2D eigenvalue weighted by atomic mass is 79.9. The number of nitrogens with zero attached hydrogens (tertiary/aromatic N) is 1. The van der Waals surface area contributed by atoms with E-state index in [9.17, 15) is 14.9 Å². The Morgan fingerprint density at radius 1 is 1.36 bits per heavy atom. The van der Waals surface area contributed by atoms with Crippen molar-refractivity contribution in [1.29, 1.82) is 5.26 Å². The van der Waals surface area contributed by atoms with E-state index >= 15 is 0 Å². The number of pyridine rings is 1. The minimum Gasteiger partial charge on any atom is -0.462 e. The Hall–Kier alpha value is -2.39. The van der Waals surface area contributed by atoms with Crippen LogP contribution in [0, 0.1) is 18.3 Å². The van der Waals surface area contributed by atoms with Crippen LogP contribution in [0.4, 0.5) is 0 Å². The van der Waals surface area contributed by atoms with Gasteiger partial charge in [0.15, 0.2) is 0 Å². The van der Waals surface area contributed by atoms with E-state index in [1.807, 2.05) is 6.07 Å². The Morgan fingerprint density at radius 2 is 2.00 bits per heavy atom. The summed E-state index contributed by atoms with van der Waals surface area (Å²) >= 11 is 3.33. The second-order valence-electron chi connectivity index (χ2n) is 4.54. The van der Waals surface area contributed by atoms with Crippen LogP contribution in [0.2, 0.25) is 0 Å². The van der Waals surface area contributed by atoms with E-state index < -0.39 is 11.5 Å². The van der Waals surface area contributed by atoms with Crippen LogP contribution >= 0.6 is 15.9 Å². The Balaban J connectivity index is 2.83. The van der Waals surface area contributed by atoms with Gasteiger partial charge in [-0.1, -0.05) is 28.1 Å². The number of esters is 1. The van der Waals surface area contributed by atoms with Crippen LogP contribution in [0.25, 0.3) is 11.1 Å². The Morgan fingerprint density at radius 3 is 2.55 bits per heavy atom. The Labute approximate surface area is 135 Å². The largest absolute Gasteiger partial charge is 0.462 e. The molecule has 0 aliphatic heterocycles. The summed E-state index contributed by atoms with van der Waals surface area (Å²) in [5.41, 5.74) is 0.870. The molecular weight excluding hydrogens is 348 g/mol. The third-order valence-electron chi connectivity index (χ3n) is 3.13. The van der Waals surface area contributed by atoms with Gasteiger partial charge in [-0.2, -0.15) is 5.26 Å². The minimum atomic E-state index is -0.564. The maximum atomic E-state index is 12.2. The fourth-order valence-corrected chi connectivity index (χ4v) is 2.46. The van der Waals surface area contributed by atoms with Crippen molar-refractivity contribution >= 4 is 21.9 Å². The topological polar surface area (TPSA) is 83.0 Å². The molecule has 0 atom stereocenters. The van der Waals surface area contributed by atoms with Gasteiger partial charge in [-0.25, -0.2) is 4.79 Å². The van der Waals surface area contributed by atoms with Gasteiger partial charge in [-0.05, 0) is 31.5 Å². The molecule has 1 heterocycles. The molecule has 112 valence electrons. The second kappa shape index (κ2) is 6.58. The van der Waals surface area contributed by atoms with Crippen LogP contribution in [0.5, 0.6) is 0 Å². The number of aryl methyl sites for hydroxylation is 1. The molecular formula is C16H13BrN2O3. The summed E-state index contributed by atoms with van der Waals surface area (Å²) in [6, 6.07) is 8.91. The molecule has 0 bridgehead atoms. The third kappa shape index (κ3) is 2.95. The normalized spacial score (nSPS) is 10.1. The lowest BCUT2D eigenvalue weighted by atomic mass is 9.95. The van der Waals surface area contributed by atoms with Crippen molar-refractivity contribution < 1.29 is 9.53 Å². The van der Waals surface area contributed by atoms with Crippen LogP contribution in [-0.2, 0) is 4.74 Å². The van der Waals surface area contributed by atoms with E-state index in [1.54, 1.807) is 38.1 Å². The maximum Gasteiger partial charge on any atom is 0.340 e. The number of benzene rings is 1. The molecule has 0 fully saturated rings. The van der Waals surface area contributed by atoms with Crippen LogP contribution < -0.4 is 5.56 Å². The number of carbonyl (C=O) groups excluding carboxylic acids is 1. The number of rotatable bonds is 3. The Kier molecular flexibility index (Phi) is 4.78. The quantitative estimate of drug-likeness (QED) is 0.852. The Bertz CT molecular complexity index is 817. The molecule has 0 amide bonds. The zero-order valence-corrected chi connectivity index (χ0v) is 13.7. The molecule has 0 spiro atoms. The number of aromatic nitrogens is 1. The first-order valence-electron chi connectivity index (χ1n) is 6.59. The molecule has 1 N–H and O–H groups in total. The molecule has 1 aromatic heterocycles. The van der Waals surface area contributed by atoms with E-state index in [0.717, 1.165) is 4.47 Å². The van der Waals surface area contributed by atoms with Gasteiger partial charge < -0.3 is 9.72 Å². The van der Waals surface area contributed by atoms with Crippen molar-refractivity contribution in [3.8, 4) is 17.2 Å². The van der Waals surface area contributed by atoms with Crippen LogP contribution in [0.1, 0.15) is 28.5 Å². The average molecular weight is 361 g/mol. The van der Waals surface area contributed by atoms with E-state index in [-0.39, 0.29) is 17.7 Å². The molecule has 6 heteroatoms. The van der Waals surface area contributed by atoms with Gasteiger partial charge in [-0.3, -0.25) is 4.79 Å². The number of nitriles is 1. The first-order valence-corrected chi connectivity index (χ1v) is 7.39. The maximum absolute atomic E-state index is 12.2. The zero-order valence-electron chi connectivity index (χ0n) is 12.1. The van der Waals surface area contributed by atoms with Crippen LogP contribution in [0.15, 0.2) is 33.5 Å². The van der Waals surface area contributed by atoms with Crippen molar-refractivity contribution in [2.24, 2.45) is 0 Å². The first-order chi connectivity index (χ1) is 10.5. The fourth-order valence-electron chi connectivity index (χ4n) is 2.19. The SMILES string of the molecule is CCOC(=O)c1c(C)[nH]c(=O)c(C#N)c1-c1ccc(Br)cc1. The molecule has 2 rings (SSSR count). The third-order valence-corrected chi connectivity index (χ3v) is 3.66. The number of ether oxygens (including phenoxy) is 1. The molecule has 0 unspecified atom stereocenters. The lowest BCUT2D eigenvalue weighted by Crippen LogP contribution is -2.20. The lowest BCUT2D eigenvalue weighted by Gasteiger charge is -2.13. The van der Waals surface area contributed by atoms with Crippen molar-refractivity contribution in [3.63, 3.8) is 0 Å². The molecule has 0 saturated carbocycles. The molecule has 0 radical (unpaired) electrons. The summed E-state index contributed by atoms with van der Waals surface area (Å²) in [4.78, 5) is 26.8. The number of aromatic amines is 1. The summed E-state index contributed by atoms with van der Waals surface area (Å²) < 4.78 is 5.91. The minimum absolute atomic E-state index is 0.101. The van der Waals surface area contributed by atoms with Gasteiger partial charge in [0.2, 0.25) is 0 Å². The van der Waals surface area contributed by atoms with Crippen molar-refractivity contribution in [2.45, 2.75) is 13.8 Å². The number of nitrogens with one attached hydrogen (secondary N) is 1. The van der Waals surface area contributed by atoms with E-state index in [4.69, 9.17) is 4.74 Å². The molecule has 2 aromatic rings. The predicted molar refractivity (Wildman–Crippen MR) is 85.6 cm³/mol. The number of H-pyrrole nitrogens is 1. The molecule has 22 heavy (non-hydrogen) atoms. The van der Waals surface area contributed by atoms with Gasteiger partial charge in [0, 0.05) is 15.7 Å². The zero-order chi connectivity index (χ0) is 16.3. The fraction of sp³-hybridized carbons (Fsp3) is 0.188. The molecule has 0 aliphatic rings. The summed E-state index contributed by atoms with van der Waals surface area (Å²) in [5, 5.41) is 9.31. The number of halogens is 1. The van der Waals surface area contributed by atoms with Crippen molar-refractivity contribution in [3.05, 3.63) is 55.9 Å². The standard InChI is InChI=1S/C16H13BrN2O3/c1-3-22-16(21)13-9(2)19-15(20)12(8-18)14(13)10-4-6-11(17)7-5-10/h4-7H,3H2,1-2H3,(H,19,20). The van der Waals surface area contributed by atoms with Gasteiger partial charge >= 0.3 is 5.97 Å². The molecule has 0 saturated heterocycles. The second-order valence-corrected chi connectivity index (χ2v) is 5.46. The lowest BCUT2D eigenvalue weighted by molar-refractivity contribution is 0.0526. The van der Waals surface area contributed by atoms with Gasteiger partial charge in [0.1, 0.15) is 11.6 Å². The molecule has 5 nitrogen and oxygen atoms in total. The molecule has 1 aromatic carbocycles. The predicted octanol–water partition coefficient (Wildman–Crippen LogP) is 3.16. The van der Waals surface area contributed by atoms with E-state index in [2.05, 4.69) is 20.9 Å². The number of hydrogen-bond acceptors (Lipinski definition) is 4. The van der Waals surface area contributed by atoms with Crippen molar-refractivity contribution in [1.82, 2.24) is 4.98 Å². The van der Waals surface area contributed by atoms with E-state index in [0.29, 0.717) is 16.8 Å². The smallest absolute Gasteiger partial charge is 0.340 e. The highest BCUT2D eigenvalue weighted by Gasteiger charge is 2.23. The first kappa shape index (κ1) is 16.0. The highest BCUT2D eigenvalue weighted by molar-refractivity contribution is 9.10. The van der Waals surface area contributed by atoms with Gasteiger partial charge in [-0.15, -0.1) is 0 Å². The summed E-state index contributed by atoms with van der Waals surface area (Å²) in [7, 11) is 0.